The molecule has 0 saturated carbocycles. The summed E-state index contributed by atoms with van der Waals surface area (Å²) in [5, 5.41) is 3.27. The van der Waals surface area contributed by atoms with Gasteiger partial charge in [-0.1, -0.05) is 0 Å². The van der Waals surface area contributed by atoms with Gasteiger partial charge in [0.2, 0.25) is 10.6 Å². The molecule has 15 heavy (non-hydrogen) atoms. The molecule has 0 fully saturated rings. The van der Waals surface area contributed by atoms with Crippen molar-refractivity contribution in [1.29, 1.82) is 0 Å². The maximum atomic E-state index is 5.30. The molecule has 0 radical (unpaired) electrons. The van der Waals surface area contributed by atoms with Crippen LogP contribution < -0.4 is 16.8 Å². The Hall–Kier alpha value is -0.530. The Bertz CT molecular complexity index is 238. The Morgan fingerprint density at radius 1 is 1.07 bits per heavy atom. The van der Waals surface area contributed by atoms with Gasteiger partial charge in [0.15, 0.2) is 0 Å². The molecular weight excluding hydrogens is 239 g/mol. The fourth-order valence-electron chi connectivity index (χ4n) is 0.587. The molecule has 0 amide bonds. The zero-order chi connectivity index (χ0) is 11.5. The number of nitrogens with zero attached hydrogens (tertiary/aromatic N) is 3. The second-order valence-corrected chi connectivity index (χ2v) is 3.03. The van der Waals surface area contributed by atoms with E-state index in [0.29, 0.717) is 13.1 Å². The summed E-state index contributed by atoms with van der Waals surface area (Å²) in [5.74, 6) is 0. The highest BCUT2D eigenvalue weighted by Gasteiger charge is 1.89. The average Bonchev–Trinajstić information content (AvgIpc) is 2.19. The summed E-state index contributed by atoms with van der Waals surface area (Å²) in [6.07, 6.45) is 1.25. The van der Waals surface area contributed by atoms with Crippen molar-refractivity contribution in [1.82, 2.24) is 20.3 Å². The van der Waals surface area contributed by atoms with E-state index >= 15 is 0 Å². The first-order valence-electron chi connectivity index (χ1n) is 4.31. The summed E-state index contributed by atoms with van der Waals surface area (Å²) >= 11 is 10.6. The largest absolute Gasteiger partial charge is 0.329 e. The molecule has 0 atom stereocenters. The number of hydrogen-bond acceptors (Lipinski definition) is 6. The van der Waals surface area contributed by atoms with Gasteiger partial charge in [-0.05, 0) is 23.2 Å². The van der Waals surface area contributed by atoms with Gasteiger partial charge in [-0.3, -0.25) is 0 Å². The maximum Gasteiger partial charge on any atom is 0.226 e. The van der Waals surface area contributed by atoms with E-state index in [2.05, 4.69) is 20.3 Å². The van der Waals surface area contributed by atoms with Gasteiger partial charge in [-0.15, -0.1) is 0 Å². The van der Waals surface area contributed by atoms with E-state index in [-0.39, 0.29) is 10.6 Å². The zero-order valence-corrected chi connectivity index (χ0v) is 9.67. The molecule has 0 unspecified atom stereocenters. The predicted molar refractivity (Wildman–Crippen MR) is 60.8 cm³/mol. The van der Waals surface area contributed by atoms with Crippen molar-refractivity contribution in [3.05, 3.63) is 16.9 Å². The molecule has 0 saturated heterocycles. The Morgan fingerprint density at radius 2 is 1.53 bits per heavy atom. The predicted octanol–water partition coefficient (Wildman–Crippen LogP) is -0.328. The third-order valence-corrected chi connectivity index (χ3v) is 1.52. The third-order valence-electron chi connectivity index (χ3n) is 1.16. The monoisotopic (exact) mass is 252 g/mol. The smallest absolute Gasteiger partial charge is 0.226 e. The first-order chi connectivity index (χ1) is 7.20. The molecular formula is C7H14Cl2N6. The summed E-state index contributed by atoms with van der Waals surface area (Å²) in [5.41, 5.74) is 10.3. The number of halogens is 2. The van der Waals surface area contributed by atoms with Crippen LogP contribution >= 0.6 is 23.2 Å². The van der Waals surface area contributed by atoms with E-state index < -0.39 is 0 Å². The molecule has 86 valence electrons. The van der Waals surface area contributed by atoms with Crippen LogP contribution in [0.3, 0.4) is 0 Å². The molecule has 1 rings (SSSR count). The average molecular weight is 253 g/mol. The van der Waals surface area contributed by atoms with E-state index in [1.807, 2.05) is 0 Å². The van der Waals surface area contributed by atoms with Gasteiger partial charge in [0, 0.05) is 26.2 Å². The van der Waals surface area contributed by atoms with Crippen LogP contribution in [0.25, 0.3) is 0 Å². The molecule has 0 aromatic carbocycles. The van der Waals surface area contributed by atoms with Crippen LogP contribution in [0.5, 0.6) is 0 Å². The van der Waals surface area contributed by atoms with Gasteiger partial charge in [-0.25, -0.2) is 9.97 Å². The lowest BCUT2D eigenvalue weighted by atomic mass is 10.6. The molecule has 6 nitrogen and oxygen atoms in total. The normalized spacial score (nSPS) is 9.33. The van der Waals surface area contributed by atoms with E-state index in [1.165, 1.54) is 6.33 Å². The number of aromatic nitrogens is 3. The minimum atomic E-state index is 0.116. The molecule has 0 aliphatic heterocycles. The van der Waals surface area contributed by atoms with Gasteiger partial charge < -0.3 is 16.8 Å². The summed E-state index contributed by atoms with van der Waals surface area (Å²) in [6.45, 7) is 3.13. The highest BCUT2D eigenvalue weighted by molar-refractivity contribution is 6.30. The fourth-order valence-corrected chi connectivity index (χ4v) is 0.878. The Balaban J connectivity index is 0.000000265. The van der Waals surface area contributed by atoms with Gasteiger partial charge in [0.25, 0.3) is 0 Å². The molecule has 1 heterocycles. The first kappa shape index (κ1) is 14.5. The van der Waals surface area contributed by atoms with E-state index in [4.69, 9.17) is 34.7 Å². The number of nitrogens with two attached hydrogens (primary N) is 2. The number of hydrogen-bond donors (Lipinski definition) is 3. The zero-order valence-electron chi connectivity index (χ0n) is 8.16. The summed E-state index contributed by atoms with van der Waals surface area (Å²) < 4.78 is 0. The summed E-state index contributed by atoms with van der Waals surface area (Å²) in [4.78, 5) is 10.5. The fraction of sp³-hybridized carbons (Fsp3) is 0.571. The van der Waals surface area contributed by atoms with Crippen molar-refractivity contribution in [3.8, 4) is 0 Å². The topological polar surface area (TPSA) is 103 Å². The number of rotatable bonds is 4. The van der Waals surface area contributed by atoms with Crippen molar-refractivity contribution >= 4 is 23.2 Å². The number of nitrogens with one attached hydrogen (secondary N) is 1. The molecule has 0 aliphatic carbocycles. The van der Waals surface area contributed by atoms with Gasteiger partial charge >= 0.3 is 0 Å². The van der Waals surface area contributed by atoms with Crippen LogP contribution in [-0.2, 0) is 0 Å². The van der Waals surface area contributed by atoms with Crippen molar-refractivity contribution in [2.24, 2.45) is 11.5 Å². The van der Waals surface area contributed by atoms with Crippen molar-refractivity contribution in [2.45, 2.75) is 0 Å². The van der Waals surface area contributed by atoms with Crippen LogP contribution in [0.1, 0.15) is 0 Å². The SMILES string of the molecule is Clc1ncnc(Cl)n1.NCCNCCN. The molecule has 0 aliphatic rings. The van der Waals surface area contributed by atoms with Gasteiger partial charge in [-0.2, -0.15) is 4.98 Å². The first-order valence-corrected chi connectivity index (χ1v) is 5.07. The Kier molecular flexibility index (Phi) is 9.65. The minimum absolute atomic E-state index is 0.116. The summed E-state index contributed by atoms with van der Waals surface area (Å²) in [7, 11) is 0. The van der Waals surface area contributed by atoms with Gasteiger partial charge in [0.1, 0.15) is 6.33 Å². The quantitative estimate of drug-likeness (QED) is 0.635. The molecule has 0 spiro atoms. The molecule has 8 heteroatoms. The molecule has 1 aromatic heterocycles. The maximum absolute atomic E-state index is 5.30. The lowest BCUT2D eigenvalue weighted by Crippen LogP contribution is -2.27. The second kappa shape index (κ2) is 10.0. The Labute approximate surface area is 98.4 Å². The molecule has 0 bridgehead atoms. The van der Waals surface area contributed by atoms with Crippen LogP contribution in [0.15, 0.2) is 6.33 Å². The van der Waals surface area contributed by atoms with Crippen molar-refractivity contribution in [2.75, 3.05) is 26.2 Å². The highest BCUT2D eigenvalue weighted by atomic mass is 35.5. The lowest BCUT2D eigenvalue weighted by Gasteiger charge is -1.95. The molecule has 1 aromatic rings. The molecule has 5 N–H and O–H groups in total. The van der Waals surface area contributed by atoms with Crippen molar-refractivity contribution in [3.63, 3.8) is 0 Å². The van der Waals surface area contributed by atoms with Gasteiger partial charge in [0.05, 0.1) is 0 Å². The van der Waals surface area contributed by atoms with E-state index in [1.54, 1.807) is 0 Å². The minimum Gasteiger partial charge on any atom is -0.329 e. The summed E-state index contributed by atoms with van der Waals surface area (Å²) in [6, 6.07) is 0. The second-order valence-electron chi connectivity index (χ2n) is 2.35. The standard InChI is InChI=1S/C4H13N3.C3HCl2N3/c5-1-3-7-4-2-6;4-2-6-1-7-3(5)8-2/h7H,1-6H2;1H. The van der Waals surface area contributed by atoms with Crippen LogP contribution in [0.4, 0.5) is 0 Å². The van der Waals surface area contributed by atoms with Crippen LogP contribution in [-0.4, -0.2) is 41.1 Å². The van der Waals surface area contributed by atoms with Crippen molar-refractivity contribution < 1.29 is 0 Å². The van der Waals surface area contributed by atoms with E-state index in [9.17, 15) is 0 Å². The Morgan fingerprint density at radius 3 is 1.80 bits per heavy atom. The lowest BCUT2D eigenvalue weighted by molar-refractivity contribution is 0.696. The van der Waals surface area contributed by atoms with Crippen LogP contribution in [0, 0.1) is 0 Å². The third kappa shape index (κ3) is 9.77. The van der Waals surface area contributed by atoms with E-state index in [0.717, 1.165) is 13.1 Å². The highest BCUT2D eigenvalue weighted by Crippen LogP contribution is 2.00. The van der Waals surface area contributed by atoms with Crippen LogP contribution in [0.2, 0.25) is 10.6 Å².